The van der Waals surface area contributed by atoms with Crippen LogP contribution in [0, 0.1) is 5.41 Å². The van der Waals surface area contributed by atoms with Gasteiger partial charge in [-0.3, -0.25) is 23.8 Å². The molecule has 13 heteroatoms. The Bertz CT molecular complexity index is 1110. The van der Waals surface area contributed by atoms with Gasteiger partial charge in [0, 0.05) is 34.2 Å². The third-order valence-corrected chi connectivity index (χ3v) is 11.4. The third-order valence-electron chi connectivity index (χ3n) is 9.93. The molecule has 332 valence electrons. The molecule has 0 radical (unpaired) electrons. The number of methoxy groups -OCH3 is 2. The maximum absolute atomic E-state index is 14.0. The van der Waals surface area contributed by atoms with E-state index in [2.05, 4.69) is 44.5 Å². The highest BCUT2D eigenvalue weighted by molar-refractivity contribution is 7.48. The Morgan fingerprint density at radius 3 is 1.93 bits per heavy atom. The van der Waals surface area contributed by atoms with Crippen molar-refractivity contribution in [2.45, 2.75) is 192 Å². The van der Waals surface area contributed by atoms with E-state index in [1.807, 2.05) is 0 Å². The van der Waals surface area contributed by atoms with Crippen LogP contribution in [0.2, 0.25) is 0 Å². The molecule has 0 aromatic heterocycles. The van der Waals surface area contributed by atoms with Crippen molar-refractivity contribution in [1.82, 2.24) is 5.32 Å². The van der Waals surface area contributed by atoms with E-state index in [0.29, 0.717) is 12.8 Å². The molecule has 0 saturated carbocycles. The Morgan fingerprint density at radius 2 is 1.37 bits per heavy atom. The lowest BCUT2D eigenvalue weighted by molar-refractivity contribution is -0.256. The quantitative estimate of drug-likeness (QED) is 0.0203. The zero-order chi connectivity index (χ0) is 42.0. The van der Waals surface area contributed by atoms with E-state index in [4.69, 9.17) is 42.7 Å². The van der Waals surface area contributed by atoms with Gasteiger partial charge in [0.05, 0.1) is 25.9 Å². The zero-order valence-corrected chi connectivity index (χ0v) is 37.3. The summed E-state index contributed by atoms with van der Waals surface area (Å²) in [5.74, 6) is -0.321. The molecule has 1 aliphatic heterocycles. The first-order chi connectivity index (χ1) is 27.7. The van der Waals surface area contributed by atoms with Crippen LogP contribution in [0.15, 0.2) is 37.5 Å². The molecule has 57 heavy (non-hydrogen) atoms. The maximum Gasteiger partial charge on any atom is 0.475 e. The van der Waals surface area contributed by atoms with Gasteiger partial charge in [-0.2, -0.15) is 0 Å². The number of ether oxygens (including phenoxy) is 5. The molecule has 1 amide bonds. The number of nitrogens with one attached hydrogen (secondary N) is 2. The summed E-state index contributed by atoms with van der Waals surface area (Å²) in [5.41, 5.74) is 0. The first-order valence-electron chi connectivity index (χ1n) is 21.9. The van der Waals surface area contributed by atoms with Crippen molar-refractivity contribution in [2.75, 3.05) is 40.6 Å². The van der Waals surface area contributed by atoms with Crippen LogP contribution in [-0.2, 0) is 46.6 Å². The molecule has 0 aliphatic carbocycles. The summed E-state index contributed by atoms with van der Waals surface area (Å²) >= 11 is 0. The van der Waals surface area contributed by atoms with E-state index in [-0.39, 0.29) is 44.3 Å². The van der Waals surface area contributed by atoms with E-state index in [1.165, 1.54) is 96.8 Å². The predicted octanol–water partition coefficient (Wildman–Crippen LogP) is 10.9. The molecule has 0 aromatic rings. The second kappa shape index (κ2) is 34.9. The highest BCUT2D eigenvalue weighted by Gasteiger charge is 2.52. The van der Waals surface area contributed by atoms with Crippen LogP contribution >= 0.6 is 7.82 Å². The molecule has 1 aliphatic rings. The minimum Gasteiger partial charge on any atom is -0.450 e. The molecule has 6 atom stereocenters. The van der Waals surface area contributed by atoms with Crippen LogP contribution in [0.25, 0.3) is 0 Å². The average Bonchev–Trinajstić information content (AvgIpc) is 3.19. The molecule has 0 bridgehead atoms. The van der Waals surface area contributed by atoms with Crippen molar-refractivity contribution in [3.8, 4) is 0 Å². The highest BCUT2D eigenvalue weighted by atomic mass is 31.2. The van der Waals surface area contributed by atoms with Gasteiger partial charge in [0.1, 0.15) is 24.4 Å². The number of rotatable bonds is 38. The van der Waals surface area contributed by atoms with Crippen LogP contribution in [0.4, 0.5) is 0 Å². The summed E-state index contributed by atoms with van der Waals surface area (Å²) in [4.78, 5) is 13.6. The first-order valence-corrected chi connectivity index (χ1v) is 23.4. The standard InChI is InChI=1S/C44H81N2O10P/c1-8-12-14-16-17-18-19-20-21-22-23-24-25-27-29-31-40(47)46-41-43(51-35-32-38(50-7)30-28-26-15-13-9-2)42(39(36-49-6)55-44(41)54-37(5)45)56-57(48,52-33-10-3)53-34-11-4/h10-11,18-19,38-39,41-45H,3-4,8-9,12-17,20-36H2,1-2,5-7H3,(H,46,47)/b19-18-,45-37?/t38-,39-,41-,42-,43-,44?/m1/s1. The van der Waals surface area contributed by atoms with Gasteiger partial charge in [0.15, 0.2) is 5.90 Å². The molecule has 1 heterocycles. The molecular formula is C44H81N2O10P. The summed E-state index contributed by atoms with van der Waals surface area (Å²) in [6.45, 7) is 13.3. The predicted molar refractivity (Wildman–Crippen MR) is 230 cm³/mol. The van der Waals surface area contributed by atoms with Crippen molar-refractivity contribution in [2.24, 2.45) is 0 Å². The molecule has 0 aromatic carbocycles. The Labute approximate surface area is 346 Å². The fourth-order valence-electron chi connectivity index (χ4n) is 6.80. The normalized spacial score (nSPS) is 20.4. The second-order valence-electron chi connectivity index (χ2n) is 15.0. The molecule has 1 fully saturated rings. The summed E-state index contributed by atoms with van der Waals surface area (Å²) in [7, 11) is -1.03. The topological polar surface area (TPSA) is 144 Å². The van der Waals surface area contributed by atoms with Gasteiger partial charge < -0.3 is 29.0 Å². The van der Waals surface area contributed by atoms with E-state index >= 15 is 0 Å². The number of unbranched alkanes of at least 4 members (excludes halogenated alkanes) is 15. The maximum atomic E-state index is 14.0. The summed E-state index contributed by atoms with van der Waals surface area (Å²) in [6, 6.07) is -0.941. The lowest BCUT2D eigenvalue weighted by Gasteiger charge is -2.46. The van der Waals surface area contributed by atoms with Crippen LogP contribution in [0.1, 0.15) is 156 Å². The van der Waals surface area contributed by atoms with Gasteiger partial charge >= 0.3 is 7.82 Å². The number of carbonyl (C=O) groups is 1. The molecule has 1 unspecified atom stereocenters. The average molecular weight is 829 g/mol. The lowest BCUT2D eigenvalue weighted by atomic mass is 9.96. The van der Waals surface area contributed by atoms with Crippen molar-refractivity contribution in [3.05, 3.63) is 37.5 Å². The first kappa shape index (κ1) is 53.1. The summed E-state index contributed by atoms with van der Waals surface area (Å²) < 4.78 is 61.3. The molecule has 0 spiro atoms. The monoisotopic (exact) mass is 829 g/mol. The van der Waals surface area contributed by atoms with Gasteiger partial charge in [-0.25, -0.2) is 4.57 Å². The Hall–Kier alpha value is -1.89. The number of hydrogen-bond donors (Lipinski definition) is 2. The fraction of sp³-hybridized carbons (Fsp3) is 0.818. The minimum absolute atomic E-state index is 0.000695. The number of phosphoric acid groups is 1. The van der Waals surface area contributed by atoms with Crippen molar-refractivity contribution in [3.63, 3.8) is 0 Å². The Morgan fingerprint density at radius 1 is 0.807 bits per heavy atom. The van der Waals surface area contributed by atoms with Gasteiger partial charge in [0.2, 0.25) is 12.2 Å². The van der Waals surface area contributed by atoms with Gasteiger partial charge in [-0.05, 0) is 44.9 Å². The number of phosphoric ester groups is 1. The summed E-state index contributed by atoms with van der Waals surface area (Å²) in [5, 5.41) is 11.2. The van der Waals surface area contributed by atoms with E-state index in [0.717, 1.165) is 51.4 Å². The van der Waals surface area contributed by atoms with E-state index in [9.17, 15) is 9.36 Å². The van der Waals surface area contributed by atoms with Gasteiger partial charge in [-0.1, -0.05) is 122 Å². The van der Waals surface area contributed by atoms with Crippen LogP contribution in [0.3, 0.4) is 0 Å². The fourth-order valence-corrected chi connectivity index (χ4v) is 8.12. The van der Waals surface area contributed by atoms with Crippen molar-refractivity contribution < 1.29 is 46.6 Å². The van der Waals surface area contributed by atoms with Gasteiger partial charge in [0.25, 0.3) is 0 Å². The molecule has 1 saturated heterocycles. The molecule has 1 rings (SSSR count). The minimum atomic E-state index is -4.24. The summed E-state index contributed by atoms with van der Waals surface area (Å²) in [6.07, 6.45) is 26.1. The van der Waals surface area contributed by atoms with Crippen LogP contribution in [-0.4, -0.2) is 89.2 Å². The molecule has 12 nitrogen and oxygen atoms in total. The van der Waals surface area contributed by atoms with E-state index in [1.54, 1.807) is 7.11 Å². The number of amides is 1. The number of hydrogen-bond acceptors (Lipinski definition) is 11. The zero-order valence-electron chi connectivity index (χ0n) is 36.4. The van der Waals surface area contributed by atoms with Crippen LogP contribution in [0.5, 0.6) is 0 Å². The largest absolute Gasteiger partial charge is 0.475 e. The Kier molecular flexibility index (Phi) is 32.5. The van der Waals surface area contributed by atoms with Crippen LogP contribution < -0.4 is 5.32 Å². The Balaban J connectivity index is 3.05. The van der Waals surface area contributed by atoms with Crippen molar-refractivity contribution in [1.29, 1.82) is 5.41 Å². The molecular weight excluding hydrogens is 747 g/mol. The van der Waals surface area contributed by atoms with E-state index < -0.39 is 38.5 Å². The highest BCUT2D eigenvalue weighted by Crippen LogP contribution is 2.52. The third kappa shape index (κ3) is 25.4. The number of allylic oxidation sites excluding steroid dienone is 2. The second-order valence-corrected chi connectivity index (χ2v) is 16.6. The lowest BCUT2D eigenvalue weighted by Crippen LogP contribution is -2.66. The number of carbonyl (C=O) groups excluding carboxylic acids is 1. The van der Waals surface area contributed by atoms with Gasteiger partial charge in [-0.15, -0.1) is 13.2 Å². The smallest absolute Gasteiger partial charge is 0.450 e. The molecule has 2 N–H and O–H groups in total. The SMILES string of the molecule is C=CCOP(=O)(OCC=C)O[C@H]1[C@H](OCC[C@@H](CCCCCCC)OC)[C@@H](NC(=O)CCCCCCCCC/C=C\CCCCCC)C(OC(C)=N)O[C@@H]1COC. The van der Waals surface area contributed by atoms with Crippen molar-refractivity contribution >= 4 is 19.6 Å².